The SMILES string of the molecule is C[C@@H](CO)NC(=O)C1CN(Cc2ccc(OCc3ccc(Cl)c(Cl)c3)cc2)C1. The van der Waals surface area contributed by atoms with Gasteiger partial charge in [0.25, 0.3) is 0 Å². The number of likely N-dealkylation sites (tertiary alicyclic amines) is 1. The summed E-state index contributed by atoms with van der Waals surface area (Å²) >= 11 is 11.9. The molecule has 1 atom stereocenters. The second kappa shape index (κ2) is 9.61. The summed E-state index contributed by atoms with van der Waals surface area (Å²) in [5.41, 5.74) is 2.13. The molecule has 150 valence electrons. The van der Waals surface area contributed by atoms with Crippen molar-refractivity contribution in [3.05, 3.63) is 63.6 Å². The molecule has 0 bridgehead atoms. The Morgan fingerprint density at radius 1 is 1.18 bits per heavy atom. The molecule has 2 aromatic carbocycles. The quantitative estimate of drug-likeness (QED) is 0.683. The number of carbonyl (C=O) groups is 1. The largest absolute Gasteiger partial charge is 0.489 e. The van der Waals surface area contributed by atoms with Gasteiger partial charge in [-0.25, -0.2) is 0 Å². The van der Waals surface area contributed by atoms with Gasteiger partial charge in [-0.1, -0.05) is 41.4 Å². The van der Waals surface area contributed by atoms with Gasteiger partial charge >= 0.3 is 0 Å². The number of benzene rings is 2. The van der Waals surface area contributed by atoms with Crippen LogP contribution in [0.2, 0.25) is 10.0 Å². The van der Waals surface area contributed by atoms with Gasteiger partial charge in [0.2, 0.25) is 5.91 Å². The van der Waals surface area contributed by atoms with E-state index in [1.165, 1.54) is 5.56 Å². The standard InChI is InChI=1S/C21H24Cl2N2O3/c1-14(12-26)24-21(27)17-10-25(11-17)9-15-2-5-18(6-3-15)28-13-16-4-7-19(22)20(23)8-16/h2-8,14,17,26H,9-13H2,1H3,(H,24,27)/t14-/m0/s1. The van der Waals surface area contributed by atoms with Crippen LogP contribution in [0.25, 0.3) is 0 Å². The van der Waals surface area contributed by atoms with Gasteiger partial charge < -0.3 is 15.2 Å². The predicted octanol–water partition coefficient (Wildman–Crippen LogP) is 3.50. The van der Waals surface area contributed by atoms with Crippen molar-refractivity contribution in [3.8, 4) is 5.75 Å². The lowest BCUT2D eigenvalue weighted by molar-refractivity contribution is -0.131. The van der Waals surface area contributed by atoms with Gasteiger partial charge in [0.05, 0.1) is 22.6 Å². The fraction of sp³-hybridized carbons (Fsp3) is 0.381. The zero-order chi connectivity index (χ0) is 20.1. The van der Waals surface area contributed by atoms with Gasteiger partial charge in [-0.05, 0) is 42.3 Å². The van der Waals surface area contributed by atoms with Crippen molar-refractivity contribution >= 4 is 29.1 Å². The highest BCUT2D eigenvalue weighted by Crippen LogP contribution is 2.24. The minimum atomic E-state index is -0.196. The number of hydrogen-bond acceptors (Lipinski definition) is 4. The summed E-state index contributed by atoms with van der Waals surface area (Å²) in [7, 11) is 0. The highest BCUT2D eigenvalue weighted by Gasteiger charge is 2.32. The highest BCUT2D eigenvalue weighted by molar-refractivity contribution is 6.42. The molecule has 0 aromatic heterocycles. The van der Waals surface area contributed by atoms with E-state index in [4.69, 9.17) is 33.0 Å². The molecule has 1 fully saturated rings. The Hall–Kier alpha value is -1.79. The fourth-order valence-corrected chi connectivity index (χ4v) is 3.34. The maximum absolute atomic E-state index is 12.0. The molecule has 2 N–H and O–H groups in total. The zero-order valence-electron chi connectivity index (χ0n) is 15.7. The van der Waals surface area contributed by atoms with Crippen LogP contribution in [0.4, 0.5) is 0 Å². The van der Waals surface area contributed by atoms with E-state index < -0.39 is 0 Å². The van der Waals surface area contributed by atoms with Crippen molar-refractivity contribution in [2.75, 3.05) is 19.7 Å². The molecule has 1 aliphatic rings. The molecule has 7 heteroatoms. The molecule has 0 aliphatic carbocycles. The Morgan fingerprint density at radius 2 is 1.86 bits per heavy atom. The molecular weight excluding hydrogens is 399 g/mol. The number of ether oxygens (including phenoxy) is 1. The molecule has 1 saturated heterocycles. The Labute approximate surface area is 175 Å². The molecule has 0 saturated carbocycles. The maximum Gasteiger partial charge on any atom is 0.225 e. The van der Waals surface area contributed by atoms with Crippen molar-refractivity contribution < 1.29 is 14.6 Å². The number of aliphatic hydroxyl groups is 1. The molecule has 0 spiro atoms. The first-order valence-electron chi connectivity index (χ1n) is 9.24. The molecule has 3 rings (SSSR count). The second-order valence-corrected chi connectivity index (χ2v) is 7.98. The third kappa shape index (κ3) is 5.61. The van der Waals surface area contributed by atoms with Crippen molar-refractivity contribution in [3.63, 3.8) is 0 Å². The molecular formula is C21H24Cl2N2O3. The number of aliphatic hydroxyl groups excluding tert-OH is 1. The number of carbonyl (C=O) groups excluding carboxylic acids is 1. The molecule has 1 amide bonds. The maximum atomic E-state index is 12.0. The number of amides is 1. The molecule has 1 aliphatic heterocycles. The minimum absolute atomic E-state index is 0.00260. The van der Waals surface area contributed by atoms with E-state index in [0.717, 1.165) is 30.9 Å². The summed E-state index contributed by atoms with van der Waals surface area (Å²) < 4.78 is 5.79. The third-order valence-electron chi connectivity index (χ3n) is 4.71. The van der Waals surface area contributed by atoms with Gasteiger partial charge in [0.1, 0.15) is 12.4 Å². The van der Waals surface area contributed by atoms with Gasteiger partial charge in [0, 0.05) is 25.7 Å². The van der Waals surface area contributed by atoms with E-state index in [0.29, 0.717) is 16.7 Å². The Morgan fingerprint density at radius 3 is 2.50 bits per heavy atom. The monoisotopic (exact) mass is 422 g/mol. The lowest BCUT2D eigenvalue weighted by atomic mass is 9.98. The number of hydrogen-bond donors (Lipinski definition) is 2. The molecule has 28 heavy (non-hydrogen) atoms. The molecule has 2 aromatic rings. The van der Waals surface area contributed by atoms with Crippen molar-refractivity contribution in [2.45, 2.75) is 26.1 Å². The highest BCUT2D eigenvalue weighted by atomic mass is 35.5. The van der Waals surface area contributed by atoms with Gasteiger partial charge in [0.15, 0.2) is 0 Å². The first kappa shape index (κ1) is 20.9. The van der Waals surface area contributed by atoms with Crippen LogP contribution in [0.5, 0.6) is 5.75 Å². The van der Waals surface area contributed by atoms with Gasteiger partial charge in [-0.2, -0.15) is 0 Å². The Bertz CT molecular complexity index is 808. The van der Waals surface area contributed by atoms with E-state index in [1.807, 2.05) is 30.3 Å². The van der Waals surface area contributed by atoms with E-state index in [2.05, 4.69) is 10.2 Å². The lowest BCUT2D eigenvalue weighted by Crippen LogP contribution is -2.54. The van der Waals surface area contributed by atoms with Crippen LogP contribution in [0.1, 0.15) is 18.1 Å². The summed E-state index contributed by atoms with van der Waals surface area (Å²) in [5.74, 6) is 0.806. The second-order valence-electron chi connectivity index (χ2n) is 7.16. The average Bonchev–Trinajstić information content (AvgIpc) is 2.66. The first-order valence-corrected chi connectivity index (χ1v) is 9.99. The number of nitrogens with one attached hydrogen (secondary N) is 1. The van der Waals surface area contributed by atoms with Gasteiger partial charge in [-0.15, -0.1) is 0 Å². The first-order chi connectivity index (χ1) is 13.4. The van der Waals surface area contributed by atoms with Crippen molar-refractivity contribution in [2.24, 2.45) is 5.92 Å². The Balaban J connectivity index is 1.43. The normalized spacial score (nSPS) is 15.7. The van der Waals surface area contributed by atoms with Crippen LogP contribution in [-0.2, 0) is 17.9 Å². The van der Waals surface area contributed by atoms with E-state index in [-0.39, 0.29) is 24.5 Å². The van der Waals surface area contributed by atoms with E-state index >= 15 is 0 Å². The molecule has 0 unspecified atom stereocenters. The fourth-order valence-electron chi connectivity index (χ4n) is 3.02. The average molecular weight is 423 g/mol. The number of nitrogens with zero attached hydrogens (tertiary/aromatic N) is 1. The van der Waals surface area contributed by atoms with E-state index in [9.17, 15) is 4.79 Å². The van der Waals surface area contributed by atoms with Crippen LogP contribution >= 0.6 is 23.2 Å². The number of halogens is 2. The number of rotatable bonds is 8. The summed E-state index contributed by atoms with van der Waals surface area (Å²) in [4.78, 5) is 14.2. The van der Waals surface area contributed by atoms with Crippen molar-refractivity contribution in [1.29, 1.82) is 0 Å². The lowest BCUT2D eigenvalue weighted by Gasteiger charge is -2.38. The minimum Gasteiger partial charge on any atom is -0.489 e. The molecule has 0 radical (unpaired) electrons. The van der Waals surface area contributed by atoms with Crippen LogP contribution < -0.4 is 10.1 Å². The van der Waals surface area contributed by atoms with Gasteiger partial charge in [-0.3, -0.25) is 9.69 Å². The topological polar surface area (TPSA) is 61.8 Å². The summed E-state index contributed by atoms with van der Waals surface area (Å²) in [6.45, 7) is 4.44. The van der Waals surface area contributed by atoms with Crippen LogP contribution in [-0.4, -0.2) is 41.7 Å². The van der Waals surface area contributed by atoms with E-state index in [1.54, 1.807) is 19.1 Å². The smallest absolute Gasteiger partial charge is 0.225 e. The van der Waals surface area contributed by atoms with Crippen molar-refractivity contribution in [1.82, 2.24) is 10.2 Å². The van der Waals surface area contributed by atoms with Crippen LogP contribution in [0, 0.1) is 5.92 Å². The molecule has 5 nitrogen and oxygen atoms in total. The zero-order valence-corrected chi connectivity index (χ0v) is 17.2. The summed E-state index contributed by atoms with van der Waals surface area (Å²) in [6, 6.07) is 13.2. The van der Waals surface area contributed by atoms with Crippen LogP contribution in [0.3, 0.4) is 0 Å². The summed E-state index contributed by atoms with van der Waals surface area (Å²) in [5, 5.41) is 12.9. The van der Waals surface area contributed by atoms with Crippen LogP contribution in [0.15, 0.2) is 42.5 Å². The third-order valence-corrected chi connectivity index (χ3v) is 5.45. The molecule has 1 heterocycles. The Kier molecular flexibility index (Phi) is 7.18. The summed E-state index contributed by atoms with van der Waals surface area (Å²) in [6.07, 6.45) is 0. The predicted molar refractivity (Wildman–Crippen MR) is 111 cm³/mol.